The number of nitrogens with one attached hydrogen (secondary N) is 1. The van der Waals surface area contributed by atoms with Gasteiger partial charge < -0.3 is 30.7 Å². The van der Waals surface area contributed by atoms with Gasteiger partial charge in [-0.15, -0.1) is 0 Å². The number of aliphatic hydroxyl groups excluding tert-OH is 2. The van der Waals surface area contributed by atoms with Crippen molar-refractivity contribution in [3.8, 4) is 5.75 Å². The molecule has 2 aromatic heterocycles. The van der Waals surface area contributed by atoms with E-state index < -0.39 is 24.5 Å². The predicted octanol–water partition coefficient (Wildman–Crippen LogP) is 2.70. The van der Waals surface area contributed by atoms with Crippen LogP contribution in [-0.4, -0.2) is 54.6 Å². The second kappa shape index (κ2) is 10.6. The number of nitrogen functional groups attached to an aromatic ring is 1. The number of nitrogens with two attached hydrogens (primary N) is 1. The highest BCUT2D eigenvalue weighted by molar-refractivity contribution is 6.35. The number of halogens is 2. The number of para-hydroxylation sites is 1. The van der Waals surface area contributed by atoms with Crippen molar-refractivity contribution in [2.45, 2.75) is 37.7 Å². The van der Waals surface area contributed by atoms with Crippen molar-refractivity contribution >= 4 is 40.2 Å². The summed E-state index contributed by atoms with van der Waals surface area (Å²) in [7, 11) is 0. The molecule has 5 N–H and O–H groups in total. The smallest absolute Gasteiger partial charge is 0.167 e. The van der Waals surface area contributed by atoms with Crippen molar-refractivity contribution in [1.82, 2.24) is 24.8 Å². The summed E-state index contributed by atoms with van der Waals surface area (Å²) in [6.07, 6.45) is -1.05. The van der Waals surface area contributed by atoms with Crippen molar-refractivity contribution in [3.05, 3.63) is 76.3 Å². The van der Waals surface area contributed by atoms with Crippen molar-refractivity contribution in [3.63, 3.8) is 0 Å². The topological polar surface area (TPSA) is 141 Å². The lowest BCUT2D eigenvalue weighted by Crippen LogP contribution is -2.37. The SMILES string of the molecule is Nc1ncnc2c1ncn2[C@@H]1O[C@H](CNCc2ccccc2OCc2ccc(Cl)cc2Cl)[C@@H](O)[C@H]1O. The van der Waals surface area contributed by atoms with E-state index >= 15 is 0 Å². The Bertz CT molecular complexity index is 1370. The zero-order chi connectivity index (χ0) is 25.2. The fourth-order valence-corrected chi connectivity index (χ4v) is 4.58. The van der Waals surface area contributed by atoms with E-state index in [2.05, 4.69) is 20.3 Å². The Hall–Kier alpha value is -2.99. The minimum atomic E-state index is -1.18. The van der Waals surface area contributed by atoms with Gasteiger partial charge in [0.1, 0.15) is 42.5 Å². The molecule has 2 aromatic carbocycles. The van der Waals surface area contributed by atoms with Gasteiger partial charge in [0.05, 0.1) is 6.33 Å². The molecule has 3 heterocycles. The van der Waals surface area contributed by atoms with Crippen LogP contribution in [0.2, 0.25) is 10.0 Å². The molecule has 5 rings (SSSR count). The zero-order valence-corrected chi connectivity index (χ0v) is 20.5. The molecule has 0 bridgehead atoms. The number of aliphatic hydroxyl groups is 2. The van der Waals surface area contributed by atoms with Gasteiger partial charge >= 0.3 is 0 Å². The summed E-state index contributed by atoms with van der Waals surface area (Å²) >= 11 is 12.2. The maximum Gasteiger partial charge on any atom is 0.167 e. The van der Waals surface area contributed by atoms with E-state index in [1.807, 2.05) is 30.3 Å². The summed E-state index contributed by atoms with van der Waals surface area (Å²) in [5.41, 5.74) is 8.41. The number of benzene rings is 2. The van der Waals surface area contributed by atoms with Gasteiger partial charge in [-0.25, -0.2) is 15.0 Å². The molecular weight excluding hydrogens is 507 g/mol. The lowest BCUT2D eigenvalue weighted by atomic mass is 10.1. The molecule has 188 valence electrons. The lowest BCUT2D eigenvalue weighted by Gasteiger charge is -2.17. The van der Waals surface area contributed by atoms with E-state index in [1.54, 1.807) is 16.7 Å². The third-order valence-electron chi connectivity index (χ3n) is 6.03. The normalized spacial score (nSPS) is 21.8. The molecule has 0 saturated carbocycles. The average Bonchev–Trinajstić information content (AvgIpc) is 3.41. The van der Waals surface area contributed by atoms with Gasteiger partial charge in [0.15, 0.2) is 17.7 Å². The number of fused-ring (bicyclic) bond motifs is 1. The Morgan fingerprint density at radius 1 is 1.06 bits per heavy atom. The summed E-state index contributed by atoms with van der Waals surface area (Å²) in [6, 6.07) is 12.9. The molecule has 1 saturated heterocycles. The molecule has 0 amide bonds. The van der Waals surface area contributed by atoms with Crippen LogP contribution in [0.25, 0.3) is 11.2 Å². The molecule has 1 aliphatic rings. The van der Waals surface area contributed by atoms with Crippen LogP contribution in [0.4, 0.5) is 5.82 Å². The highest BCUT2D eigenvalue weighted by Crippen LogP contribution is 2.32. The Labute approximate surface area is 216 Å². The fourth-order valence-electron chi connectivity index (χ4n) is 4.12. The minimum Gasteiger partial charge on any atom is -0.489 e. The first-order chi connectivity index (χ1) is 17.4. The standard InChI is InChI=1S/C24H24Cl2N6O4/c25-15-6-5-14(16(26)7-15)10-35-17-4-2-1-3-13(17)8-28-9-18-20(33)21(34)24(36-18)32-12-31-19-22(27)29-11-30-23(19)32/h1-7,11-12,18,20-21,24,28,33-34H,8-10H2,(H2,27,29,30)/t18-,20-,21-,24-/m1/s1. The zero-order valence-electron chi connectivity index (χ0n) is 19.0. The Morgan fingerprint density at radius 2 is 1.89 bits per heavy atom. The molecule has 0 radical (unpaired) electrons. The van der Waals surface area contributed by atoms with E-state index in [-0.39, 0.29) is 19.0 Å². The first kappa shape index (κ1) is 24.7. The Balaban J connectivity index is 1.21. The van der Waals surface area contributed by atoms with Crippen LogP contribution >= 0.6 is 23.2 Å². The number of imidazole rings is 1. The Morgan fingerprint density at radius 3 is 2.72 bits per heavy atom. The quantitative estimate of drug-likeness (QED) is 0.270. The molecule has 1 aliphatic heterocycles. The van der Waals surface area contributed by atoms with Crippen molar-refractivity contribution < 1.29 is 19.7 Å². The van der Waals surface area contributed by atoms with Crippen LogP contribution < -0.4 is 15.8 Å². The summed E-state index contributed by atoms with van der Waals surface area (Å²) in [6.45, 7) is 1.03. The fraction of sp³-hybridized carbons (Fsp3) is 0.292. The van der Waals surface area contributed by atoms with Crippen LogP contribution in [0.1, 0.15) is 17.4 Å². The van der Waals surface area contributed by atoms with Crippen LogP contribution in [-0.2, 0) is 17.9 Å². The monoisotopic (exact) mass is 530 g/mol. The second-order valence-corrected chi connectivity index (χ2v) is 9.24. The van der Waals surface area contributed by atoms with Crippen molar-refractivity contribution in [2.75, 3.05) is 12.3 Å². The maximum absolute atomic E-state index is 10.6. The minimum absolute atomic E-state index is 0.226. The summed E-state index contributed by atoms with van der Waals surface area (Å²) < 4.78 is 13.5. The number of hydrogen-bond donors (Lipinski definition) is 4. The number of nitrogens with zero attached hydrogens (tertiary/aromatic N) is 4. The van der Waals surface area contributed by atoms with Gasteiger partial charge in [-0.3, -0.25) is 4.57 Å². The van der Waals surface area contributed by atoms with Gasteiger partial charge in [0, 0.05) is 34.3 Å². The van der Waals surface area contributed by atoms with Gasteiger partial charge in [-0.1, -0.05) is 47.5 Å². The van der Waals surface area contributed by atoms with Gasteiger partial charge in [-0.2, -0.15) is 0 Å². The first-order valence-corrected chi connectivity index (χ1v) is 12.0. The highest BCUT2D eigenvalue weighted by atomic mass is 35.5. The van der Waals surface area contributed by atoms with E-state index in [9.17, 15) is 10.2 Å². The third-order valence-corrected chi connectivity index (χ3v) is 6.62. The van der Waals surface area contributed by atoms with Crippen LogP contribution in [0.15, 0.2) is 55.1 Å². The molecular formula is C24H24Cl2N6O4. The van der Waals surface area contributed by atoms with Crippen LogP contribution in [0, 0.1) is 0 Å². The maximum atomic E-state index is 10.6. The molecule has 0 aliphatic carbocycles. The molecule has 36 heavy (non-hydrogen) atoms. The molecule has 12 heteroatoms. The lowest BCUT2D eigenvalue weighted by molar-refractivity contribution is -0.0342. The number of ether oxygens (including phenoxy) is 2. The molecule has 4 atom stereocenters. The predicted molar refractivity (Wildman–Crippen MR) is 135 cm³/mol. The third kappa shape index (κ3) is 4.96. The van der Waals surface area contributed by atoms with Crippen molar-refractivity contribution in [1.29, 1.82) is 0 Å². The highest BCUT2D eigenvalue weighted by Gasteiger charge is 2.44. The summed E-state index contributed by atoms with van der Waals surface area (Å²) in [4.78, 5) is 12.3. The summed E-state index contributed by atoms with van der Waals surface area (Å²) in [5.74, 6) is 0.924. The van der Waals surface area contributed by atoms with Gasteiger partial charge in [0.25, 0.3) is 0 Å². The van der Waals surface area contributed by atoms with E-state index in [0.29, 0.717) is 33.5 Å². The van der Waals surface area contributed by atoms with E-state index in [0.717, 1.165) is 11.1 Å². The number of anilines is 1. The number of aromatic nitrogens is 4. The Kier molecular flexibility index (Phi) is 7.24. The molecule has 1 fully saturated rings. The van der Waals surface area contributed by atoms with Crippen molar-refractivity contribution in [2.24, 2.45) is 0 Å². The second-order valence-electron chi connectivity index (χ2n) is 8.39. The van der Waals surface area contributed by atoms with E-state index in [1.165, 1.54) is 12.7 Å². The largest absolute Gasteiger partial charge is 0.489 e. The van der Waals surface area contributed by atoms with Gasteiger partial charge in [0.2, 0.25) is 0 Å². The first-order valence-electron chi connectivity index (χ1n) is 11.2. The average molecular weight is 531 g/mol. The number of hydrogen-bond acceptors (Lipinski definition) is 9. The number of rotatable bonds is 8. The molecule has 0 spiro atoms. The summed E-state index contributed by atoms with van der Waals surface area (Å²) in [5, 5.41) is 25.6. The van der Waals surface area contributed by atoms with Crippen LogP contribution in [0.3, 0.4) is 0 Å². The van der Waals surface area contributed by atoms with E-state index in [4.69, 9.17) is 38.4 Å². The van der Waals surface area contributed by atoms with Crippen LogP contribution in [0.5, 0.6) is 5.75 Å². The van der Waals surface area contributed by atoms with Gasteiger partial charge in [-0.05, 0) is 18.2 Å². The molecule has 4 aromatic rings. The molecule has 10 nitrogen and oxygen atoms in total. The molecule has 0 unspecified atom stereocenters.